The van der Waals surface area contributed by atoms with E-state index in [-0.39, 0.29) is 17.9 Å². The van der Waals surface area contributed by atoms with E-state index in [0.29, 0.717) is 22.5 Å². The van der Waals surface area contributed by atoms with Crippen molar-refractivity contribution < 1.29 is 14.3 Å². The zero-order valence-corrected chi connectivity index (χ0v) is 16.6. The van der Waals surface area contributed by atoms with Crippen LogP contribution in [0.5, 0.6) is 5.75 Å². The van der Waals surface area contributed by atoms with Gasteiger partial charge in [0.1, 0.15) is 11.6 Å². The van der Waals surface area contributed by atoms with Crippen molar-refractivity contribution in [2.75, 3.05) is 10.6 Å². The van der Waals surface area contributed by atoms with Gasteiger partial charge in [0.15, 0.2) is 5.82 Å². The number of nitrogens with one attached hydrogen (secondary N) is 4. The van der Waals surface area contributed by atoms with Crippen molar-refractivity contribution in [2.24, 2.45) is 0 Å². The molecule has 0 radical (unpaired) electrons. The predicted molar refractivity (Wildman–Crippen MR) is 117 cm³/mol. The van der Waals surface area contributed by atoms with Crippen LogP contribution in [0.25, 0.3) is 10.9 Å². The second kappa shape index (κ2) is 8.95. The number of carbonyl (C=O) groups excluding carboxylic acids is 2. The Morgan fingerprint density at radius 3 is 2.45 bits per heavy atom. The van der Waals surface area contributed by atoms with Crippen molar-refractivity contribution in [3.05, 3.63) is 78.5 Å². The van der Waals surface area contributed by atoms with Gasteiger partial charge in [0.25, 0.3) is 0 Å². The van der Waals surface area contributed by atoms with Gasteiger partial charge in [-0.25, -0.2) is 14.6 Å². The van der Waals surface area contributed by atoms with Crippen molar-refractivity contribution in [2.45, 2.75) is 13.0 Å². The van der Waals surface area contributed by atoms with E-state index in [4.69, 9.17) is 4.74 Å². The second-order valence-corrected chi connectivity index (χ2v) is 6.75. The van der Waals surface area contributed by atoms with Crippen molar-refractivity contribution in [1.29, 1.82) is 0 Å². The maximum absolute atomic E-state index is 12.3. The number of aromatic nitrogens is 3. The smallest absolute Gasteiger partial charge is 0.410 e. The number of nitrogens with zero attached hydrogens (tertiary/aromatic N) is 2. The number of aromatic amines is 1. The number of fused-ring (bicyclic) bond motifs is 1. The Labute approximate surface area is 177 Å². The second-order valence-electron chi connectivity index (χ2n) is 6.75. The van der Waals surface area contributed by atoms with Crippen LogP contribution >= 0.6 is 0 Å². The van der Waals surface area contributed by atoms with Crippen LogP contribution in [0, 0.1) is 0 Å². The molecule has 2 heterocycles. The number of hydrogen-bond acceptors (Lipinski definition) is 5. The van der Waals surface area contributed by atoms with Crippen LogP contribution in [-0.4, -0.2) is 27.3 Å². The summed E-state index contributed by atoms with van der Waals surface area (Å²) in [5.41, 5.74) is 1.59. The molecule has 3 amide bonds. The third-order valence-electron chi connectivity index (χ3n) is 4.51. The number of anilines is 2. The standard InChI is InChI=1S/C22H20N6O3/c1-14(15-8-4-2-5-9-15)24-21(29)25-19-12-18-17(13-23-19)20(28-27-18)26-22(30)31-16-10-6-3-7-11-16/h2-14H,1H3,(H2,23,24,25,29)(H2,26,27,28,30)/t14-/m1/s1. The Balaban J connectivity index is 1.39. The highest BCUT2D eigenvalue weighted by molar-refractivity contribution is 5.99. The summed E-state index contributed by atoms with van der Waals surface area (Å²) >= 11 is 0. The zero-order valence-electron chi connectivity index (χ0n) is 16.6. The van der Waals surface area contributed by atoms with Crippen LogP contribution < -0.4 is 20.7 Å². The van der Waals surface area contributed by atoms with Gasteiger partial charge in [-0.15, -0.1) is 0 Å². The summed E-state index contributed by atoms with van der Waals surface area (Å²) in [4.78, 5) is 28.6. The lowest BCUT2D eigenvalue weighted by molar-refractivity contribution is 0.215. The van der Waals surface area contributed by atoms with Gasteiger partial charge >= 0.3 is 12.1 Å². The van der Waals surface area contributed by atoms with Crippen LogP contribution in [0.1, 0.15) is 18.5 Å². The molecule has 0 unspecified atom stereocenters. The SMILES string of the molecule is C[C@@H](NC(=O)Nc1cc2[nH]nc(NC(=O)Oc3ccccc3)c2cn1)c1ccccc1. The summed E-state index contributed by atoms with van der Waals surface area (Å²) in [6.07, 6.45) is 0.837. The first-order chi connectivity index (χ1) is 15.1. The van der Waals surface area contributed by atoms with E-state index in [1.165, 1.54) is 6.20 Å². The van der Waals surface area contributed by atoms with E-state index in [1.54, 1.807) is 30.3 Å². The molecule has 0 spiro atoms. The Morgan fingerprint density at radius 2 is 1.71 bits per heavy atom. The number of ether oxygens (including phenoxy) is 1. The van der Waals surface area contributed by atoms with Crippen molar-refractivity contribution in [1.82, 2.24) is 20.5 Å². The molecule has 9 nitrogen and oxygen atoms in total. The monoisotopic (exact) mass is 416 g/mol. The van der Waals surface area contributed by atoms with Crippen molar-refractivity contribution in [3.8, 4) is 5.75 Å². The molecule has 9 heteroatoms. The number of urea groups is 1. The molecule has 0 aliphatic carbocycles. The number of H-pyrrole nitrogens is 1. The fourth-order valence-corrected chi connectivity index (χ4v) is 2.97. The molecule has 156 valence electrons. The van der Waals surface area contributed by atoms with Gasteiger partial charge in [-0.1, -0.05) is 48.5 Å². The fourth-order valence-electron chi connectivity index (χ4n) is 2.97. The molecule has 0 bridgehead atoms. The average molecular weight is 416 g/mol. The quantitative estimate of drug-likeness (QED) is 0.383. The Hall–Kier alpha value is -4.40. The van der Waals surface area contributed by atoms with E-state index < -0.39 is 6.09 Å². The van der Waals surface area contributed by atoms with Gasteiger partial charge in [0, 0.05) is 12.3 Å². The van der Waals surface area contributed by atoms with E-state index in [0.717, 1.165) is 5.56 Å². The number of carbonyl (C=O) groups is 2. The molecule has 31 heavy (non-hydrogen) atoms. The molecular formula is C22H20N6O3. The number of benzene rings is 2. The third-order valence-corrected chi connectivity index (χ3v) is 4.51. The highest BCUT2D eigenvalue weighted by atomic mass is 16.6. The Kier molecular flexibility index (Phi) is 5.75. The number of para-hydroxylation sites is 1. The molecule has 0 aliphatic heterocycles. The topological polar surface area (TPSA) is 121 Å². The molecule has 0 saturated heterocycles. The molecule has 1 atom stereocenters. The summed E-state index contributed by atoms with van der Waals surface area (Å²) in [6.45, 7) is 1.90. The lowest BCUT2D eigenvalue weighted by Gasteiger charge is -2.14. The molecule has 4 rings (SSSR count). The number of rotatable bonds is 5. The van der Waals surface area contributed by atoms with Gasteiger partial charge < -0.3 is 10.1 Å². The summed E-state index contributed by atoms with van der Waals surface area (Å²) in [7, 11) is 0. The fraction of sp³-hybridized carbons (Fsp3) is 0.0909. The van der Waals surface area contributed by atoms with Gasteiger partial charge in [-0.05, 0) is 24.6 Å². The molecule has 4 N–H and O–H groups in total. The molecule has 0 aliphatic rings. The van der Waals surface area contributed by atoms with E-state index in [1.807, 2.05) is 43.3 Å². The number of amides is 3. The first-order valence-corrected chi connectivity index (χ1v) is 9.59. The molecule has 4 aromatic rings. The van der Waals surface area contributed by atoms with Crippen LogP contribution in [0.4, 0.5) is 21.2 Å². The first kappa shape index (κ1) is 19.9. The lowest BCUT2D eigenvalue weighted by atomic mass is 10.1. The van der Waals surface area contributed by atoms with E-state index in [2.05, 4.69) is 31.1 Å². The minimum Gasteiger partial charge on any atom is -0.410 e. The molecule has 0 fully saturated rings. The zero-order chi connectivity index (χ0) is 21.6. The van der Waals surface area contributed by atoms with Crippen molar-refractivity contribution >= 4 is 34.7 Å². The largest absolute Gasteiger partial charge is 0.418 e. The third kappa shape index (κ3) is 4.96. The summed E-state index contributed by atoms with van der Waals surface area (Å²) < 4.78 is 5.20. The Morgan fingerprint density at radius 1 is 1.00 bits per heavy atom. The highest BCUT2D eigenvalue weighted by Gasteiger charge is 2.14. The van der Waals surface area contributed by atoms with Gasteiger partial charge in [-0.3, -0.25) is 15.7 Å². The predicted octanol–water partition coefficient (Wildman–Crippen LogP) is 4.45. The lowest BCUT2D eigenvalue weighted by Crippen LogP contribution is -2.31. The maximum atomic E-state index is 12.3. The van der Waals surface area contributed by atoms with Crippen LogP contribution in [-0.2, 0) is 0 Å². The molecular weight excluding hydrogens is 396 g/mol. The van der Waals surface area contributed by atoms with Crippen molar-refractivity contribution in [3.63, 3.8) is 0 Å². The minimum atomic E-state index is -0.670. The minimum absolute atomic E-state index is 0.163. The number of hydrogen-bond donors (Lipinski definition) is 4. The first-order valence-electron chi connectivity index (χ1n) is 9.59. The summed E-state index contributed by atoms with van der Waals surface area (Å²) in [5.74, 6) is 1.03. The van der Waals surface area contributed by atoms with Crippen LogP contribution in [0.2, 0.25) is 0 Å². The summed E-state index contributed by atoms with van der Waals surface area (Å²) in [6, 6.07) is 19.4. The molecule has 2 aromatic heterocycles. The molecule has 2 aromatic carbocycles. The number of pyridine rings is 1. The molecule has 0 saturated carbocycles. The van der Waals surface area contributed by atoms with E-state index >= 15 is 0 Å². The Bertz CT molecular complexity index is 1190. The van der Waals surface area contributed by atoms with E-state index in [9.17, 15) is 9.59 Å². The average Bonchev–Trinajstić information content (AvgIpc) is 3.16. The van der Waals surface area contributed by atoms with Crippen LogP contribution in [0.3, 0.4) is 0 Å². The van der Waals surface area contributed by atoms with Gasteiger partial charge in [0.2, 0.25) is 0 Å². The van der Waals surface area contributed by atoms with Gasteiger partial charge in [-0.2, -0.15) is 5.10 Å². The highest BCUT2D eigenvalue weighted by Crippen LogP contribution is 2.22. The van der Waals surface area contributed by atoms with Gasteiger partial charge in [0.05, 0.1) is 16.9 Å². The summed E-state index contributed by atoms with van der Waals surface area (Å²) in [5, 5.41) is 15.6. The maximum Gasteiger partial charge on any atom is 0.418 e. The van der Waals surface area contributed by atoms with Crippen LogP contribution in [0.15, 0.2) is 72.9 Å². The normalized spacial score (nSPS) is 11.5.